The zero-order valence-electron chi connectivity index (χ0n) is 17.6. The Morgan fingerprint density at radius 2 is 2.19 bits per heavy atom. The molecule has 4 rings (SSSR count). The van der Waals surface area contributed by atoms with Gasteiger partial charge in [0, 0.05) is 10.6 Å². The number of hydrogen-bond acceptors (Lipinski definition) is 7. The maximum atomic E-state index is 14.7. The number of ketones is 1. The number of thioether (sulfide) groups is 1. The largest absolute Gasteiger partial charge is 0.401 e. The SMILES string of the molecule is C/C(N)=C(\C#N)C(=O)CSc1nc2sc3c(c2c(=O)n1-c1ccccc1F)CC[C@H](C)C3. The molecule has 6 nitrogen and oxygen atoms in total. The minimum atomic E-state index is -0.558. The van der Waals surface area contributed by atoms with Gasteiger partial charge in [-0.05, 0) is 49.8 Å². The zero-order valence-corrected chi connectivity index (χ0v) is 19.3. The normalized spacial score (nSPS) is 16.4. The van der Waals surface area contributed by atoms with Gasteiger partial charge in [0.1, 0.15) is 22.3 Å². The van der Waals surface area contributed by atoms with Crippen LogP contribution in [0.15, 0.2) is 45.5 Å². The number of para-hydroxylation sites is 1. The van der Waals surface area contributed by atoms with Crippen LogP contribution in [0.1, 0.15) is 30.7 Å². The average Bonchev–Trinajstić information content (AvgIpc) is 3.11. The minimum Gasteiger partial charge on any atom is -0.401 e. The molecule has 0 fully saturated rings. The number of carbonyl (C=O) groups excluding carboxylic acids is 1. The van der Waals surface area contributed by atoms with Crippen molar-refractivity contribution in [2.45, 2.75) is 38.3 Å². The van der Waals surface area contributed by atoms with Crippen LogP contribution in [0.25, 0.3) is 15.9 Å². The van der Waals surface area contributed by atoms with E-state index in [1.165, 1.54) is 35.0 Å². The van der Waals surface area contributed by atoms with Gasteiger partial charge in [0.2, 0.25) is 0 Å². The summed E-state index contributed by atoms with van der Waals surface area (Å²) >= 11 is 2.49. The number of rotatable bonds is 5. The summed E-state index contributed by atoms with van der Waals surface area (Å²) in [6.07, 6.45) is 2.68. The van der Waals surface area contributed by atoms with Crippen molar-refractivity contribution in [1.29, 1.82) is 5.26 Å². The minimum absolute atomic E-state index is 0.0806. The van der Waals surface area contributed by atoms with Crippen molar-refractivity contribution in [2.75, 3.05) is 5.75 Å². The first-order valence-electron chi connectivity index (χ1n) is 10.2. The van der Waals surface area contributed by atoms with Gasteiger partial charge in [0.15, 0.2) is 10.9 Å². The number of halogens is 1. The molecule has 1 aliphatic rings. The Morgan fingerprint density at radius 3 is 2.88 bits per heavy atom. The van der Waals surface area contributed by atoms with Gasteiger partial charge < -0.3 is 5.73 Å². The van der Waals surface area contributed by atoms with Gasteiger partial charge in [0.05, 0.1) is 16.8 Å². The summed E-state index contributed by atoms with van der Waals surface area (Å²) in [6.45, 7) is 3.67. The fourth-order valence-corrected chi connectivity index (χ4v) is 6.19. The van der Waals surface area contributed by atoms with E-state index in [2.05, 4.69) is 11.9 Å². The number of aromatic nitrogens is 2. The van der Waals surface area contributed by atoms with Crippen LogP contribution in [0, 0.1) is 23.1 Å². The fourth-order valence-electron chi connectivity index (χ4n) is 3.89. The summed E-state index contributed by atoms with van der Waals surface area (Å²) in [5.41, 5.74) is 6.39. The highest BCUT2D eigenvalue weighted by Crippen LogP contribution is 2.37. The summed E-state index contributed by atoms with van der Waals surface area (Å²) in [7, 11) is 0. The standard InChI is InChI=1S/C23H21FN4O2S2/c1-12-7-8-14-19(9-12)32-21-20(14)22(30)28(17-6-4-3-5-16(17)24)23(27-21)31-11-18(29)15(10-25)13(2)26/h3-6,12H,7-9,11,26H2,1-2H3/b15-13-/t12-/m0/s1. The van der Waals surface area contributed by atoms with Crippen LogP contribution in [0.4, 0.5) is 4.39 Å². The molecule has 1 aromatic carbocycles. The van der Waals surface area contributed by atoms with Crippen molar-refractivity contribution >= 4 is 39.1 Å². The summed E-state index contributed by atoms with van der Waals surface area (Å²) in [6, 6.07) is 7.81. The van der Waals surface area contributed by atoms with Crippen molar-refractivity contribution in [3.63, 3.8) is 0 Å². The first kappa shape index (κ1) is 22.2. The van der Waals surface area contributed by atoms with E-state index in [1.54, 1.807) is 12.1 Å². The lowest BCUT2D eigenvalue weighted by atomic mass is 9.89. The third kappa shape index (κ3) is 3.96. The second-order valence-corrected chi connectivity index (χ2v) is 9.93. The quantitative estimate of drug-likeness (QED) is 0.261. The van der Waals surface area contributed by atoms with Gasteiger partial charge in [0.25, 0.3) is 5.56 Å². The predicted octanol–water partition coefficient (Wildman–Crippen LogP) is 4.13. The molecule has 0 radical (unpaired) electrons. The third-order valence-electron chi connectivity index (χ3n) is 5.51. The molecule has 0 unspecified atom stereocenters. The molecule has 3 aromatic rings. The highest BCUT2D eigenvalue weighted by molar-refractivity contribution is 7.99. The molecule has 0 saturated carbocycles. The topological polar surface area (TPSA) is 102 Å². The fraction of sp³-hybridized carbons (Fsp3) is 0.304. The van der Waals surface area contributed by atoms with Gasteiger partial charge >= 0.3 is 0 Å². The Balaban J connectivity index is 1.88. The molecule has 2 aromatic heterocycles. The summed E-state index contributed by atoms with van der Waals surface area (Å²) in [5.74, 6) is -0.638. The molecule has 1 atom stereocenters. The van der Waals surface area contributed by atoms with Crippen molar-refractivity contribution in [3.05, 3.63) is 62.1 Å². The smallest absolute Gasteiger partial charge is 0.267 e. The van der Waals surface area contributed by atoms with E-state index in [-0.39, 0.29) is 33.4 Å². The van der Waals surface area contributed by atoms with Crippen molar-refractivity contribution in [2.24, 2.45) is 11.7 Å². The Kier molecular flexibility index (Phi) is 6.17. The number of carbonyl (C=O) groups is 1. The Hall–Kier alpha value is -2.96. The van der Waals surface area contributed by atoms with Gasteiger partial charge in [-0.25, -0.2) is 9.37 Å². The van der Waals surface area contributed by atoms with Crippen LogP contribution in [0.2, 0.25) is 0 Å². The Bertz CT molecular complexity index is 1360. The van der Waals surface area contributed by atoms with E-state index in [1.807, 2.05) is 6.07 Å². The molecular formula is C23H21FN4O2S2. The number of aryl methyl sites for hydroxylation is 1. The molecule has 2 heterocycles. The lowest BCUT2D eigenvalue weighted by molar-refractivity contribution is -0.112. The van der Waals surface area contributed by atoms with Gasteiger partial charge in [-0.3, -0.25) is 14.2 Å². The lowest BCUT2D eigenvalue weighted by Gasteiger charge is -2.18. The number of nitrogens with zero attached hydrogens (tertiary/aromatic N) is 3. The van der Waals surface area contributed by atoms with E-state index in [4.69, 9.17) is 5.73 Å². The first-order chi connectivity index (χ1) is 15.3. The highest BCUT2D eigenvalue weighted by Gasteiger charge is 2.26. The number of nitriles is 1. The number of thiophene rings is 1. The molecule has 0 saturated heterocycles. The van der Waals surface area contributed by atoms with Crippen molar-refractivity contribution < 1.29 is 9.18 Å². The molecule has 0 bridgehead atoms. The second-order valence-electron chi connectivity index (χ2n) is 7.90. The molecule has 0 spiro atoms. The zero-order chi connectivity index (χ0) is 23.0. The molecule has 0 aliphatic heterocycles. The molecule has 32 heavy (non-hydrogen) atoms. The molecule has 2 N–H and O–H groups in total. The summed E-state index contributed by atoms with van der Waals surface area (Å²) in [5, 5.41) is 9.94. The van der Waals surface area contributed by atoms with Gasteiger partial charge in [-0.1, -0.05) is 30.8 Å². The third-order valence-corrected chi connectivity index (χ3v) is 7.60. The molecule has 9 heteroatoms. The molecule has 164 valence electrons. The van der Waals surface area contributed by atoms with E-state index >= 15 is 0 Å². The predicted molar refractivity (Wildman–Crippen MR) is 125 cm³/mol. The van der Waals surface area contributed by atoms with Crippen LogP contribution < -0.4 is 11.3 Å². The number of benzene rings is 1. The monoisotopic (exact) mass is 468 g/mol. The van der Waals surface area contributed by atoms with E-state index < -0.39 is 11.6 Å². The van der Waals surface area contributed by atoms with Crippen molar-refractivity contribution in [1.82, 2.24) is 9.55 Å². The van der Waals surface area contributed by atoms with Crippen LogP contribution in [-0.4, -0.2) is 21.1 Å². The number of nitrogens with two attached hydrogens (primary N) is 1. The molecule has 1 aliphatic carbocycles. The number of fused-ring (bicyclic) bond motifs is 3. The van der Waals surface area contributed by atoms with Gasteiger partial charge in [-0.2, -0.15) is 5.26 Å². The Labute approximate surface area is 192 Å². The van der Waals surface area contributed by atoms with Crippen LogP contribution >= 0.6 is 23.1 Å². The van der Waals surface area contributed by atoms with E-state index in [0.717, 1.165) is 41.5 Å². The van der Waals surface area contributed by atoms with Crippen molar-refractivity contribution in [3.8, 4) is 11.8 Å². The van der Waals surface area contributed by atoms with Gasteiger partial charge in [-0.15, -0.1) is 11.3 Å². The number of Topliss-reactive ketones (excluding diaryl/α,β-unsaturated/α-hetero) is 1. The Morgan fingerprint density at radius 1 is 1.44 bits per heavy atom. The van der Waals surface area contributed by atoms with E-state index in [0.29, 0.717) is 16.1 Å². The molecular weight excluding hydrogens is 447 g/mol. The summed E-state index contributed by atoms with van der Waals surface area (Å²) in [4.78, 5) is 32.6. The second kappa shape index (κ2) is 8.88. The van der Waals surface area contributed by atoms with Crippen LogP contribution in [0.3, 0.4) is 0 Å². The maximum absolute atomic E-state index is 14.7. The molecule has 0 amide bonds. The number of hydrogen-bond donors (Lipinski definition) is 1. The average molecular weight is 469 g/mol. The van der Waals surface area contributed by atoms with Crippen LogP contribution in [0.5, 0.6) is 0 Å². The lowest BCUT2D eigenvalue weighted by Crippen LogP contribution is -2.24. The number of allylic oxidation sites excluding steroid dienone is 2. The van der Waals surface area contributed by atoms with E-state index in [9.17, 15) is 19.2 Å². The summed E-state index contributed by atoms with van der Waals surface area (Å²) < 4.78 is 16.0. The van der Waals surface area contributed by atoms with Crippen LogP contribution in [-0.2, 0) is 17.6 Å². The highest BCUT2D eigenvalue weighted by atomic mass is 32.2. The maximum Gasteiger partial charge on any atom is 0.267 e. The first-order valence-corrected chi connectivity index (χ1v) is 12.0.